The summed E-state index contributed by atoms with van der Waals surface area (Å²) in [6, 6.07) is 8.76. The molecule has 1 aromatic rings. The Balaban J connectivity index is 1.36. The zero-order valence-corrected chi connectivity index (χ0v) is 27.5. The second-order valence-corrected chi connectivity index (χ2v) is 15.9. The maximum absolute atomic E-state index is 13.7. The van der Waals surface area contributed by atoms with Gasteiger partial charge in [-0.2, -0.15) is 0 Å². The molecule has 0 amide bonds. The molecule has 15 atom stereocenters. The van der Waals surface area contributed by atoms with Crippen molar-refractivity contribution in [3.05, 3.63) is 48.0 Å². The summed E-state index contributed by atoms with van der Waals surface area (Å²) in [5, 5.41) is 37.0. The summed E-state index contributed by atoms with van der Waals surface area (Å²) in [6.45, 7) is 12.3. The zero-order valence-electron chi connectivity index (χ0n) is 27.5. The highest BCUT2D eigenvalue weighted by Gasteiger charge is 2.90. The van der Waals surface area contributed by atoms with Gasteiger partial charge in [0.15, 0.2) is 0 Å². The molecule has 3 saturated carbocycles. The lowest BCUT2D eigenvalue weighted by atomic mass is 9.52. The van der Waals surface area contributed by atoms with Gasteiger partial charge < -0.3 is 39.0 Å². The Bertz CT molecular complexity index is 1400. The number of aliphatic hydroxyl groups excluding tert-OH is 2. The minimum absolute atomic E-state index is 0.122. The predicted molar refractivity (Wildman–Crippen MR) is 166 cm³/mol. The quantitative estimate of drug-likeness (QED) is 0.248. The Kier molecular flexibility index (Phi) is 7.06. The predicted octanol–water partition coefficient (Wildman–Crippen LogP) is 4.52. The summed E-state index contributed by atoms with van der Waals surface area (Å²) < 4.78 is 34.2. The maximum Gasteiger partial charge on any atom is 0.338 e. The van der Waals surface area contributed by atoms with Crippen molar-refractivity contribution in [2.24, 2.45) is 35.5 Å². The van der Waals surface area contributed by atoms with Crippen LogP contribution in [0.2, 0.25) is 0 Å². The molecule has 46 heavy (non-hydrogen) atoms. The molecule has 7 fully saturated rings. The molecule has 252 valence electrons. The van der Waals surface area contributed by atoms with Gasteiger partial charge in [-0.05, 0) is 61.1 Å². The van der Waals surface area contributed by atoms with E-state index in [9.17, 15) is 20.1 Å². The van der Waals surface area contributed by atoms with Crippen molar-refractivity contribution in [1.82, 2.24) is 0 Å². The number of epoxide rings is 1. The van der Waals surface area contributed by atoms with Gasteiger partial charge in [0.2, 0.25) is 0 Å². The fourth-order valence-corrected chi connectivity index (χ4v) is 11.6. The molecule has 3 aliphatic carbocycles. The highest BCUT2D eigenvalue weighted by atomic mass is 16.9. The number of benzene rings is 1. The number of hydrogen-bond donors (Lipinski definition) is 3. The van der Waals surface area contributed by atoms with Crippen LogP contribution in [-0.2, 0) is 23.7 Å². The van der Waals surface area contributed by atoms with E-state index < -0.39 is 77.2 Å². The summed E-state index contributed by atoms with van der Waals surface area (Å²) in [5.74, 6) is -3.61. The van der Waals surface area contributed by atoms with Crippen molar-refractivity contribution in [2.45, 2.75) is 132 Å². The van der Waals surface area contributed by atoms with Crippen LogP contribution in [0.15, 0.2) is 42.5 Å². The lowest BCUT2D eigenvalue weighted by Crippen LogP contribution is -2.73. The van der Waals surface area contributed by atoms with E-state index in [2.05, 4.69) is 20.4 Å². The van der Waals surface area contributed by atoms with E-state index in [1.165, 1.54) is 0 Å². The fourth-order valence-electron chi connectivity index (χ4n) is 11.6. The number of fused-ring (bicyclic) bond motifs is 1. The molecule has 1 unspecified atom stereocenters. The molecule has 3 N–H and O–H groups in total. The van der Waals surface area contributed by atoms with Crippen molar-refractivity contribution in [3.8, 4) is 0 Å². The average molecular weight is 639 g/mol. The number of carbonyl (C=O) groups is 1. The molecule has 0 radical (unpaired) electrons. The number of esters is 1. The molecule has 0 aromatic heterocycles. The van der Waals surface area contributed by atoms with Gasteiger partial charge in [-0.1, -0.05) is 77.7 Å². The summed E-state index contributed by atoms with van der Waals surface area (Å²) in [4.78, 5) is 13.7. The molecule has 7 aliphatic rings. The smallest absolute Gasteiger partial charge is 0.338 e. The van der Waals surface area contributed by atoms with Crippen molar-refractivity contribution >= 4 is 5.97 Å². The molecule has 4 heterocycles. The first-order valence-corrected chi connectivity index (χ1v) is 17.6. The normalized spacial score (nSPS) is 53.6. The van der Waals surface area contributed by atoms with Gasteiger partial charge in [0.05, 0.1) is 17.8 Å². The standard InChI is InChI=1S/C37H50O9/c1-20(2)33-18-22(4)37-26-29(33)44-35(45-33,46-37)17-13-8-6-7-10-14-21(3)25-23(5)28(42-31(39)24-15-11-9-12-16-24)36(41,27(25)37)32(40)34(19-38)30(26)43-34/h9,11-12,15-16,21-23,25-30,32,38,40-41H,1,6-8,10,13-14,17-19H2,2-5H3/t21-,22-,23+,25+,26-,27-,28+,29-,30+,32-,33-,34+,35?,36-,37-/m1/s1. The van der Waals surface area contributed by atoms with Crippen LogP contribution in [0.1, 0.15) is 89.4 Å². The summed E-state index contributed by atoms with van der Waals surface area (Å²) in [6.07, 6.45) is 3.37. The van der Waals surface area contributed by atoms with E-state index in [0.717, 1.165) is 44.1 Å². The second-order valence-electron chi connectivity index (χ2n) is 15.9. The fraction of sp³-hybridized carbons (Fsp3) is 0.757. The van der Waals surface area contributed by atoms with E-state index in [4.69, 9.17) is 23.7 Å². The monoisotopic (exact) mass is 638 g/mol. The third-order valence-corrected chi connectivity index (χ3v) is 13.6. The third-order valence-electron chi connectivity index (χ3n) is 13.6. The topological polar surface area (TPSA) is 127 Å². The van der Waals surface area contributed by atoms with Crippen molar-refractivity contribution in [1.29, 1.82) is 0 Å². The summed E-state index contributed by atoms with van der Waals surface area (Å²) >= 11 is 0. The van der Waals surface area contributed by atoms with E-state index in [-0.39, 0.29) is 23.7 Å². The third kappa shape index (κ3) is 3.79. The van der Waals surface area contributed by atoms with Gasteiger partial charge in [0, 0.05) is 18.3 Å². The second kappa shape index (κ2) is 10.3. The van der Waals surface area contributed by atoms with Gasteiger partial charge >= 0.3 is 5.97 Å². The number of rotatable bonds is 4. The first-order valence-electron chi connectivity index (χ1n) is 17.6. The summed E-state index contributed by atoms with van der Waals surface area (Å²) in [7, 11) is 0. The molecule has 9 heteroatoms. The molecule has 9 nitrogen and oxygen atoms in total. The minimum atomic E-state index is -2.00. The SMILES string of the molecule is C=C(C)[C@]12C[C@@H](C)[C@@]34OC5(CCCCCCC[C@@H](C)[C@H]6[C@H](C)[C@H](OC(=O)c7ccccc7)[C@@](O)([C@H](O)[C@@]7(CO)O[C@H]7[C@H]3[C@H]1O5)[C@@H]64)O2. The van der Waals surface area contributed by atoms with Crippen LogP contribution < -0.4 is 0 Å². The first-order chi connectivity index (χ1) is 21.9. The average Bonchev–Trinajstić information content (AvgIpc) is 3.67. The van der Waals surface area contributed by atoms with Crippen LogP contribution in [0.5, 0.6) is 0 Å². The van der Waals surface area contributed by atoms with Gasteiger partial charge in [-0.15, -0.1) is 0 Å². The Morgan fingerprint density at radius 1 is 1.02 bits per heavy atom. The van der Waals surface area contributed by atoms with Crippen LogP contribution in [0.4, 0.5) is 0 Å². The van der Waals surface area contributed by atoms with E-state index >= 15 is 0 Å². The number of carbonyl (C=O) groups excluding carboxylic acids is 1. The van der Waals surface area contributed by atoms with Crippen LogP contribution in [-0.4, -0.2) is 80.7 Å². The lowest BCUT2D eigenvalue weighted by Gasteiger charge is -2.61. The molecule has 8 rings (SSSR count). The Morgan fingerprint density at radius 2 is 1.74 bits per heavy atom. The first kappa shape index (κ1) is 31.4. The largest absolute Gasteiger partial charge is 0.455 e. The van der Waals surface area contributed by atoms with Crippen LogP contribution in [0, 0.1) is 35.5 Å². The van der Waals surface area contributed by atoms with E-state index in [1.54, 1.807) is 24.3 Å². The molecule has 3 bridgehead atoms. The molecule has 4 saturated heterocycles. The Labute approximate surface area is 271 Å². The van der Waals surface area contributed by atoms with Crippen LogP contribution in [0.25, 0.3) is 0 Å². The van der Waals surface area contributed by atoms with Crippen LogP contribution in [0.3, 0.4) is 0 Å². The summed E-state index contributed by atoms with van der Waals surface area (Å²) in [5.41, 5.74) is -4.16. The molecule has 1 aromatic carbocycles. The number of hydrogen-bond acceptors (Lipinski definition) is 9. The minimum Gasteiger partial charge on any atom is -0.455 e. The van der Waals surface area contributed by atoms with Gasteiger partial charge in [-0.3, -0.25) is 0 Å². The van der Waals surface area contributed by atoms with Crippen molar-refractivity contribution in [3.63, 3.8) is 0 Å². The van der Waals surface area contributed by atoms with E-state index in [0.29, 0.717) is 18.4 Å². The molecule has 4 aliphatic heterocycles. The van der Waals surface area contributed by atoms with Crippen LogP contribution >= 0.6 is 0 Å². The Morgan fingerprint density at radius 3 is 2.46 bits per heavy atom. The Hall–Kier alpha value is -1.85. The number of aliphatic hydroxyl groups is 3. The molecular weight excluding hydrogens is 588 g/mol. The highest BCUT2D eigenvalue weighted by molar-refractivity contribution is 5.89. The number of ether oxygens (including phenoxy) is 5. The van der Waals surface area contributed by atoms with Crippen molar-refractivity contribution in [2.75, 3.05) is 6.61 Å². The highest BCUT2D eigenvalue weighted by Crippen LogP contribution is 2.75. The molecule has 2 spiro atoms. The van der Waals surface area contributed by atoms with Gasteiger partial charge in [-0.25, -0.2) is 4.79 Å². The molecular formula is C37H50O9. The lowest BCUT2D eigenvalue weighted by molar-refractivity contribution is -0.437. The van der Waals surface area contributed by atoms with E-state index in [1.807, 2.05) is 19.9 Å². The maximum atomic E-state index is 13.7. The zero-order chi connectivity index (χ0) is 32.4. The van der Waals surface area contributed by atoms with Gasteiger partial charge in [0.25, 0.3) is 5.97 Å². The van der Waals surface area contributed by atoms with Gasteiger partial charge in [0.1, 0.15) is 41.2 Å². The van der Waals surface area contributed by atoms with Crippen molar-refractivity contribution < 1.29 is 43.8 Å².